The molecule has 0 aromatic heterocycles. The van der Waals surface area contributed by atoms with Crippen molar-refractivity contribution in [2.45, 2.75) is 26.2 Å². The van der Waals surface area contributed by atoms with Gasteiger partial charge in [0.05, 0.1) is 0 Å². The number of nitrogens with zero attached hydrogens (tertiary/aromatic N) is 1. The predicted molar refractivity (Wildman–Crippen MR) is 96.7 cm³/mol. The first-order chi connectivity index (χ1) is 12.5. The summed E-state index contributed by atoms with van der Waals surface area (Å²) in [7, 11) is 0. The lowest BCUT2D eigenvalue weighted by molar-refractivity contribution is -0.131. The molecule has 4 nitrogen and oxygen atoms in total. The summed E-state index contributed by atoms with van der Waals surface area (Å²) in [6.07, 6.45) is -0.308. The maximum absolute atomic E-state index is 13.7. The summed E-state index contributed by atoms with van der Waals surface area (Å²) in [5.41, 5.74) is 1.21. The highest BCUT2D eigenvalue weighted by Gasteiger charge is 2.31. The molecule has 1 amide bonds. The lowest BCUT2D eigenvalue weighted by Gasteiger charge is -2.35. The lowest BCUT2D eigenvalue weighted by atomic mass is 10.2. The average Bonchev–Trinajstić information content (AvgIpc) is 2.63. The third kappa shape index (κ3) is 4.04. The number of hydrogen-bond donors (Lipinski definition) is 1. The normalized spacial score (nSPS) is 17.3. The highest BCUT2D eigenvalue weighted by molar-refractivity contribution is 9.12. The number of amides is 1. The topological polar surface area (TPSA) is 41.6 Å². The van der Waals surface area contributed by atoms with Gasteiger partial charge in [0.25, 0.3) is 5.91 Å². The van der Waals surface area contributed by atoms with Crippen molar-refractivity contribution in [1.29, 1.82) is 0 Å². The van der Waals surface area contributed by atoms with Crippen molar-refractivity contribution in [3.63, 3.8) is 0 Å². The fraction of sp³-hybridized carbons (Fsp3) is 0.211. The van der Waals surface area contributed by atoms with Gasteiger partial charge in [-0.1, -0.05) is 30.3 Å². The van der Waals surface area contributed by atoms with E-state index in [9.17, 15) is 13.6 Å². The molecule has 1 aliphatic heterocycles. The SMILES string of the molecule is CC1NC(OCc2ccc(F)cc2F)=C(Br)C(=O)N1Cc1ccccc1. The first-order valence-electron chi connectivity index (χ1n) is 8.03. The molecule has 0 spiro atoms. The number of nitrogens with one attached hydrogen (secondary N) is 1. The number of ether oxygens (including phenoxy) is 1. The second-order valence-electron chi connectivity index (χ2n) is 5.91. The zero-order chi connectivity index (χ0) is 18.7. The van der Waals surface area contributed by atoms with Gasteiger partial charge in [-0.15, -0.1) is 0 Å². The molecule has 0 bridgehead atoms. The van der Waals surface area contributed by atoms with E-state index in [1.165, 1.54) is 6.07 Å². The largest absolute Gasteiger partial charge is 0.473 e. The zero-order valence-corrected chi connectivity index (χ0v) is 15.6. The minimum absolute atomic E-state index is 0.123. The van der Waals surface area contributed by atoms with Crippen molar-refractivity contribution in [1.82, 2.24) is 10.2 Å². The molecular weight excluding hydrogens is 406 g/mol. The molecule has 1 atom stereocenters. The van der Waals surface area contributed by atoms with E-state index >= 15 is 0 Å². The highest BCUT2D eigenvalue weighted by Crippen LogP contribution is 2.24. The van der Waals surface area contributed by atoms with Crippen LogP contribution in [0.2, 0.25) is 0 Å². The fourth-order valence-corrected chi connectivity index (χ4v) is 3.07. The molecule has 26 heavy (non-hydrogen) atoms. The maximum Gasteiger partial charge on any atom is 0.268 e. The first kappa shape index (κ1) is 18.4. The zero-order valence-electron chi connectivity index (χ0n) is 14.0. The average molecular weight is 423 g/mol. The lowest BCUT2D eigenvalue weighted by Crippen LogP contribution is -2.51. The van der Waals surface area contributed by atoms with Crippen molar-refractivity contribution in [3.05, 3.63) is 81.7 Å². The monoisotopic (exact) mass is 422 g/mol. The van der Waals surface area contributed by atoms with Gasteiger partial charge in [0.15, 0.2) is 0 Å². The molecule has 1 unspecified atom stereocenters. The van der Waals surface area contributed by atoms with Gasteiger partial charge < -0.3 is 15.0 Å². The van der Waals surface area contributed by atoms with Crippen LogP contribution in [0.5, 0.6) is 0 Å². The summed E-state index contributed by atoms with van der Waals surface area (Å²) in [5.74, 6) is -1.34. The Morgan fingerprint density at radius 2 is 1.92 bits per heavy atom. The predicted octanol–water partition coefficient (Wildman–Crippen LogP) is 4.02. The molecule has 7 heteroatoms. The van der Waals surface area contributed by atoms with E-state index in [1.807, 2.05) is 37.3 Å². The molecule has 0 saturated carbocycles. The van der Waals surface area contributed by atoms with Gasteiger partial charge in [-0.2, -0.15) is 0 Å². The number of carbonyl (C=O) groups is 1. The van der Waals surface area contributed by atoms with Gasteiger partial charge in [-0.25, -0.2) is 8.78 Å². The standard InChI is InChI=1S/C19H17BrF2N2O2/c1-12-23-18(26-11-14-7-8-15(21)9-16(14)22)17(20)19(25)24(12)10-13-5-3-2-4-6-13/h2-9,12,23H,10-11H2,1H3. The van der Waals surface area contributed by atoms with Crippen LogP contribution in [0.1, 0.15) is 18.1 Å². The molecule has 0 aliphatic carbocycles. The van der Waals surface area contributed by atoms with Gasteiger partial charge in [0.2, 0.25) is 5.88 Å². The summed E-state index contributed by atoms with van der Waals surface area (Å²) in [4.78, 5) is 14.3. The quantitative estimate of drug-likeness (QED) is 0.790. The Hall–Kier alpha value is -2.41. The highest BCUT2D eigenvalue weighted by atomic mass is 79.9. The summed E-state index contributed by atoms with van der Waals surface area (Å²) in [5, 5.41) is 3.09. The van der Waals surface area contributed by atoms with Crippen molar-refractivity contribution in [3.8, 4) is 0 Å². The smallest absolute Gasteiger partial charge is 0.268 e. The molecule has 1 aliphatic rings. The Bertz CT molecular complexity index is 843. The number of benzene rings is 2. The van der Waals surface area contributed by atoms with E-state index < -0.39 is 11.6 Å². The summed E-state index contributed by atoms with van der Waals surface area (Å²) >= 11 is 3.25. The third-order valence-electron chi connectivity index (χ3n) is 4.04. The molecular formula is C19H17BrF2N2O2. The molecule has 3 rings (SSSR count). The number of hydrogen-bond acceptors (Lipinski definition) is 3. The van der Waals surface area contributed by atoms with Crippen molar-refractivity contribution in [2.24, 2.45) is 0 Å². The van der Waals surface area contributed by atoms with Crippen LogP contribution in [-0.4, -0.2) is 17.0 Å². The molecule has 2 aromatic carbocycles. The number of carbonyl (C=O) groups excluding carboxylic acids is 1. The van der Waals surface area contributed by atoms with Gasteiger partial charge >= 0.3 is 0 Å². The molecule has 2 aromatic rings. The van der Waals surface area contributed by atoms with Crippen molar-refractivity contribution >= 4 is 21.8 Å². The van der Waals surface area contributed by atoms with Crippen LogP contribution in [0, 0.1) is 11.6 Å². The van der Waals surface area contributed by atoms with Crippen LogP contribution in [0.3, 0.4) is 0 Å². The Labute approximate surface area is 158 Å². The van der Waals surface area contributed by atoms with Crippen LogP contribution in [0.15, 0.2) is 58.9 Å². The van der Waals surface area contributed by atoms with E-state index in [4.69, 9.17) is 4.74 Å². The molecule has 136 valence electrons. The molecule has 1 heterocycles. The summed E-state index contributed by atoms with van der Waals surface area (Å²) < 4.78 is 32.5. The van der Waals surface area contributed by atoms with Gasteiger partial charge in [0, 0.05) is 18.2 Å². The van der Waals surface area contributed by atoms with E-state index in [0.29, 0.717) is 6.54 Å². The third-order valence-corrected chi connectivity index (χ3v) is 4.74. The van der Waals surface area contributed by atoms with Gasteiger partial charge in [-0.05, 0) is 40.5 Å². The fourth-order valence-electron chi connectivity index (χ4n) is 2.61. The van der Waals surface area contributed by atoms with Gasteiger partial charge in [-0.3, -0.25) is 4.79 Å². The Morgan fingerprint density at radius 3 is 2.62 bits per heavy atom. The molecule has 0 saturated heterocycles. The van der Waals surface area contributed by atoms with E-state index in [-0.39, 0.29) is 34.6 Å². The van der Waals surface area contributed by atoms with Crippen molar-refractivity contribution < 1.29 is 18.3 Å². The minimum atomic E-state index is -0.692. The van der Waals surface area contributed by atoms with E-state index in [0.717, 1.165) is 17.7 Å². The Morgan fingerprint density at radius 1 is 1.19 bits per heavy atom. The van der Waals surface area contributed by atoms with Crippen LogP contribution in [0.4, 0.5) is 8.78 Å². The first-order valence-corrected chi connectivity index (χ1v) is 8.83. The summed E-state index contributed by atoms with van der Waals surface area (Å²) in [6, 6.07) is 12.9. The number of rotatable bonds is 5. The van der Waals surface area contributed by atoms with E-state index in [1.54, 1.807) is 4.90 Å². The van der Waals surface area contributed by atoms with Crippen molar-refractivity contribution in [2.75, 3.05) is 0 Å². The minimum Gasteiger partial charge on any atom is -0.473 e. The number of halogens is 3. The molecule has 0 fully saturated rings. The van der Waals surface area contributed by atoms with Crippen LogP contribution >= 0.6 is 15.9 Å². The molecule has 1 N–H and O–H groups in total. The van der Waals surface area contributed by atoms with Gasteiger partial charge in [0.1, 0.15) is 28.9 Å². The second kappa shape index (κ2) is 7.86. The van der Waals surface area contributed by atoms with E-state index in [2.05, 4.69) is 21.2 Å². The maximum atomic E-state index is 13.7. The van der Waals surface area contributed by atoms with Crippen LogP contribution < -0.4 is 5.32 Å². The second-order valence-corrected chi connectivity index (χ2v) is 6.70. The Kier molecular flexibility index (Phi) is 5.56. The Balaban J connectivity index is 1.72. The van der Waals surface area contributed by atoms with Crippen LogP contribution in [-0.2, 0) is 22.7 Å². The summed E-state index contributed by atoms with van der Waals surface area (Å²) in [6.45, 7) is 2.16. The van der Waals surface area contributed by atoms with Crippen LogP contribution in [0.25, 0.3) is 0 Å². The molecule has 0 radical (unpaired) electrons.